The van der Waals surface area contributed by atoms with Gasteiger partial charge in [-0.05, 0) is 61.0 Å². The summed E-state index contributed by atoms with van der Waals surface area (Å²) in [7, 11) is -2.72. The Labute approximate surface area is 163 Å². The van der Waals surface area contributed by atoms with Gasteiger partial charge in [0.1, 0.15) is 22.3 Å². The van der Waals surface area contributed by atoms with Gasteiger partial charge in [-0.25, -0.2) is 17.2 Å². The van der Waals surface area contributed by atoms with Gasteiger partial charge in [0, 0.05) is 0 Å². The Kier molecular flexibility index (Phi) is 5.65. The van der Waals surface area contributed by atoms with E-state index in [1.54, 1.807) is 31.2 Å². The molecule has 3 aromatic rings. The van der Waals surface area contributed by atoms with Crippen LogP contribution in [-0.4, -0.2) is 15.5 Å². The molecule has 7 heteroatoms. The van der Waals surface area contributed by atoms with Crippen molar-refractivity contribution in [3.05, 3.63) is 90.0 Å². The summed E-state index contributed by atoms with van der Waals surface area (Å²) < 4.78 is 60.6. The van der Waals surface area contributed by atoms with E-state index in [4.69, 9.17) is 4.74 Å². The van der Waals surface area contributed by atoms with Crippen molar-refractivity contribution in [3.8, 4) is 5.75 Å². The maximum Gasteiger partial charge on any atom is 0.267 e. The second kappa shape index (κ2) is 7.98. The number of rotatable bonds is 6. The second-order valence-corrected chi connectivity index (χ2v) is 7.94. The summed E-state index contributed by atoms with van der Waals surface area (Å²) in [5.41, 5.74) is 0.901. The molecule has 0 aliphatic carbocycles. The molecule has 146 valence electrons. The summed E-state index contributed by atoms with van der Waals surface area (Å²) in [5.74, 6) is -0.720. The lowest BCUT2D eigenvalue weighted by Crippen LogP contribution is -2.34. The molecule has 0 N–H and O–H groups in total. The number of sulfonamides is 1. The summed E-state index contributed by atoms with van der Waals surface area (Å²) in [4.78, 5) is -0.445. The molecule has 3 aromatic carbocycles. The molecule has 3 rings (SSSR count). The summed E-state index contributed by atoms with van der Waals surface area (Å²) in [6.45, 7) is 1.68. The molecule has 0 amide bonds. The first-order chi connectivity index (χ1) is 13.3. The number of anilines is 1. The van der Waals surface area contributed by atoms with E-state index in [2.05, 4.69) is 0 Å². The van der Waals surface area contributed by atoms with E-state index < -0.39 is 32.6 Å². The zero-order valence-electron chi connectivity index (χ0n) is 15.3. The molecule has 0 aliphatic heterocycles. The normalized spacial score (nSPS) is 12.4. The van der Waals surface area contributed by atoms with Crippen molar-refractivity contribution < 1.29 is 21.9 Å². The molecule has 0 saturated carbocycles. The molecular weight excluding hydrogens is 384 g/mol. The third kappa shape index (κ3) is 3.84. The standard InChI is InChI=1S/C21H19F2NO3S/c1-15(16-7-13-19(27-2)14-8-16)24(18-11-9-17(22)10-12-18)28(25,26)21-6-4-3-5-20(21)23/h3-15H,1-2H3. The number of halogens is 2. The third-order valence-corrected chi connectivity index (χ3v) is 6.34. The van der Waals surface area contributed by atoms with Gasteiger partial charge in [-0.3, -0.25) is 4.31 Å². The van der Waals surface area contributed by atoms with Crippen molar-refractivity contribution in [1.82, 2.24) is 0 Å². The van der Waals surface area contributed by atoms with Crippen LogP contribution in [0.15, 0.2) is 77.7 Å². The van der Waals surface area contributed by atoms with Gasteiger partial charge in [0.15, 0.2) is 0 Å². The summed E-state index contributed by atoms with van der Waals surface area (Å²) in [6, 6.07) is 16.4. The van der Waals surface area contributed by atoms with Gasteiger partial charge in [-0.15, -0.1) is 0 Å². The largest absolute Gasteiger partial charge is 0.497 e. The van der Waals surface area contributed by atoms with Gasteiger partial charge in [0.2, 0.25) is 0 Å². The Morgan fingerprint density at radius 3 is 2.07 bits per heavy atom. The second-order valence-electron chi connectivity index (χ2n) is 6.16. The zero-order chi connectivity index (χ0) is 20.3. The van der Waals surface area contributed by atoms with Crippen LogP contribution in [0.5, 0.6) is 5.75 Å². The van der Waals surface area contributed by atoms with Gasteiger partial charge in [-0.1, -0.05) is 24.3 Å². The minimum Gasteiger partial charge on any atom is -0.497 e. The van der Waals surface area contributed by atoms with E-state index >= 15 is 0 Å². The van der Waals surface area contributed by atoms with Crippen molar-refractivity contribution in [2.24, 2.45) is 0 Å². The quantitative estimate of drug-likeness (QED) is 0.586. The molecule has 0 fully saturated rings. The van der Waals surface area contributed by atoms with Gasteiger partial charge in [0.05, 0.1) is 18.8 Å². The molecule has 0 bridgehead atoms. The van der Waals surface area contributed by atoms with Crippen molar-refractivity contribution in [2.45, 2.75) is 17.9 Å². The fourth-order valence-corrected chi connectivity index (χ4v) is 4.65. The van der Waals surface area contributed by atoms with Gasteiger partial charge >= 0.3 is 0 Å². The Balaban J connectivity index is 2.14. The summed E-state index contributed by atoms with van der Waals surface area (Å²) in [6.07, 6.45) is 0. The van der Waals surface area contributed by atoms with Crippen LogP contribution in [0.25, 0.3) is 0 Å². The minimum absolute atomic E-state index is 0.230. The van der Waals surface area contributed by atoms with E-state index in [-0.39, 0.29) is 5.69 Å². The van der Waals surface area contributed by atoms with Gasteiger partial charge < -0.3 is 4.74 Å². The molecule has 0 heterocycles. The van der Waals surface area contributed by atoms with Crippen molar-refractivity contribution >= 4 is 15.7 Å². The predicted molar refractivity (Wildman–Crippen MR) is 104 cm³/mol. The summed E-state index contributed by atoms with van der Waals surface area (Å²) >= 11 is 0. The first-order valence-corrected chi connectivity index (χ1v) is 9.97. The maximum absolute atomic E-state index is 14.3. The Morgan fingerprint density at radius 2 is 1.50 bits per heavy atom. The van der Waals surface area contributed by atoms with Crippen LogP contribution in [0.2, 0.25) is 0 Å². The van der Waals surface area contributed by atoms with Gasteiger partial charge in [-0.2, -0.15) is 0 Å². The van der Waals surface area contributed by atoms with E-state index in [0.29, 0.717) is 11.3 Å². The number of methoxy groups -OCH3 is 1. The Bertz CT molecular complexity index is 1050. The molecule has 1 unspecified atom stereocenters. The topological polar surface area (TPSA) is 46.6 Å². The van der Waals surface area contributed by atoms with E-state index in [1.165, 1.54) is 49.6 Å². The van der Waals surface area contributed by atoms with Crippen LogP contribution < -0.4 is 9.04 Å². The molecule has 1 atom stereocenters. The lowest BCUT2D eigenvalue weighted by molar-refractivity contribution is 0.414. The lowest BCUT2D eigenvalue weighted by Gasteiger charge is -2.31. The smallest absolute Gasteiger partial charge is 0.267 e. The highest BCUT2D eigenvalue weighted by Gasteiger charge is 2.32. The Morgan fingerprint density at radius 1 is 0.893 bits per heavy atom. The zero-order valence-corrected chi connectivity index (χ0v) is 16.2. The van der Waals surface area contributed by atoms with Crippen molar-refractivity contribution in [2.75, 3.05) is 11.4 Å². The molecule has 0 spiro atoms. The molecule has 0 saturated heterocycles. The van der Waals surface area contributed by atoms with Gasteiger partial charge in [0.25, 0.3) is 10.0 Å². The highest BCUT2D eigenvalue weighted by Crippen LogP contribution is 2.34. The highest BCUT2D eigenvalue weighted by molar-refractivity contribution is 7.92. The summed E-state index contributed by atoms with van der Waals surface area (Å²) in [5, 5.41) is 0. The molecule has 0 aromatic heterocycles. The molecule has 4 nitrogen and oxygen atoms in total. The fourth-order valence-electron chi connectivity index (χ4n) is 2.94. The van der Waals surface area contributed by atoms with Crippen molar-refractivity contribution in [1.29, 1.82) is 0 Å². The number of hydrogen-bond acceptors (Lipinski definition) is 3. The lowest BCUT2D eigenvalue weighted by atomic mass is 10.1. The first kappa shape index (κ1) is 19.8. The Hall–Kier alpha value is -2.93. The SMILES string of the molecule is COc1ccc(C(C)N(c2ccc(F)cc2)S(=O)(=O)c2ccccc2F)cc1. The van der Waals surface area contributed by atoms with Crippen LogP contribution in [0.3, 0.4) is 0 Å². The van der Waals surface area contributed by atoms with Crippen molar-refractivity contribution in [3.63, 3.8) is 0 Å². The number of hydrogen-bond donors (Lipinski definition) is 0. The maximum atomic E-state index is 14.3. The van der Waals surface area contributed by atoms with E-state index in [1.807, 2.05) is 0 Å². The number of benzene rings is 3. The molecular formula is C21H19F2NO3S. The average molecular weight is 403 g/mol. The molecule has 28 heavy (non-hydrogen) atoms. The van der Waals surface area contributed by atoms with E-state index in [0.717, 1.165) is 10.4 Å². The van der Waals surface area contributed by atoms with Crippen LogP contribution in [0, 0.1) is 11.6 Å². The van der Waals surface area contributed by atoms with Crippen LogP contribution in [0.1, 0.15) is 18.5 Å². The van der Waals surface area contributed by atoms with Crippen LogP contribution >= 0.6 is 0 Å². The third-order valence-electron chi connectivity index (χ3n) is 4.40. The van der Waals surface area contributed by atoms with E-state index in [9.17, 15) is 17.2 Å². The van der Waals surface area contributed by atoms with Crippen LogP contribution in [0.4, 0.5) is 14.5 Å². The molecule has 0 aliphatic rings. The number of ether oxygens (including phenoxy) is 1. The fraction of sp³-hybridized carbons (Fsp3) is 0.143. The highest BCUT2D eigenvalue weighted by atomic mass is 32.2. The number of nitrogens with zero attached hydrogens (tertiary/aromatic N) is 1. The van der Waals surface area contributed by atoms with Crippen LogP contribution in [-0.2, 0) is 10.0 Å². The average Bonchev–Trinajstić information content (AvgIpc) is 2.69. The molecule has 0 radical (unpaired) electrons. The monoisotopic (exact) mass is 403 g/mol. The predicted octanol–water partition coefficient (Wildman–Crippen LogP) is 4.93. The minimum atomic E-state index is -4.26. The first-order valence-electron chi connectivity index (χ1n) is 8.53.